The third kappa shape index (κ3) is 5.51. The summed E-state index contributed by atoms with van der Waals surface area (Å²) in [5.41, 5.74) is 2.53. The molecule has 0 aliphatic heterocycles. The lowest BCUT2D eigenvalue weighted by molar-refractivity contribution is -0.121. The van der Waals surface area contributed by atoms with Gasteiger partial charge in [-0.05, 0) is 43.6 Å². The standard InChI is InChI=1S/C18H26N2O2/c1-13-4-6-15(7-5-13)17(16-8-9-16)12-18(22)20-11-3-10-19-14(2)21/h4-7,16-17H,3,8-12H2,1-2H3,(H,19,21)(H,20,22). The summed E-state index contributed by atoms with van der Waals surface area (Å²) < 4.78 is 0. The minimum Gasteiger partial charge on any atom is -0.356 e. The van der Waals surface area contributed by atoms with Crippen molar-refractivity contribution in [1.82, 2.24) is 10.6 Å². The highest BCUT2D eigenvalue weighted by Gasteiger charge is 2.33. The lowest BCUT2D eigenvalue weighted by Crippen LogP contribution is -2.29. The molecule has 1 aromatic carbocycles. The molecule has 2 amide bonds. The Morgan fingerprint density at radius 2 is 1.77 bits per heavy atom. The Balaban J connectivity index is 1.77. The van der Waals surface area contributed by atoms with Gasteiger partial charge in [0.15, 0.2) is 0 Å². The lowest BCUT2D eigenvalue weighted by atomic mass is 9.90. The third-order valence-corrected chi connectivity index (χ3v) is 4.15. The van der Waals surface area contributed by atoms with Crippen molar-refractivity contribution < 1.29 is 9.59 Å². The van der Waals surface area contributed by atoms with Crippen molar-refractivity contribution in [3.05, 3.63) is 35.4 Å². The van der Waals surface area contributed by atoms with Gasteiger partial charge < -0.3 is 10.6 Å². The van der Waals surface area contributed by atoms with Crippen LogP contribution in [-0.4, -0.2) is 24.9 Å². The summed E-state index contributed by atoms with van der Waals surface area (Å²) in [7, 11) is 0. The molecule has 0 radical (unpaired) electrons. The van der Waals surface area contributed by atoms with E-state index in [9.17, 15) is 9.59 Å². The molecule has 2 rings (SSSR count). The van der Waals surface area contributed by atoms with Gasteiger partial charge in [-0.15, -0.1) is 0 Å². The second-order valence-corrected chi connectivity index (χ2v) is 6.25. The van der Waals surface area contributed by atoms with E-state index in [0.717, 1.165) is 6.42 Å². The fourth-order valence-corrected chi connectivity index (χ4v) is 2.72. The van der Waals surface area contributed by atoms with Crippen LogP contribution < -0.4 is 10.6 Å². The van der Waals surface area contributed by atoms with Crippen molar-refractivity contribution in [1.29, 1.82) is 0 Å². The van der Waals surface area contributed by atoms with Gasteiger partial charge in [0.25, 0.3) is 0 Å². The smallest absolute Gasteiger partial charge is 0.220 e. The van der Waals surface area contributed by atoms with Crippen LogP contribution in [0, 0.1) is 12.8 Å². The average Bonchev–Trinajstić information content (AvgIpc) is 3.30. The van der Waals surface area contributed by atoms with Crippen molar-refractivity contribution in [3.63, 3.8) is 0 Å². The minimum absolute atomic E-state index is 0.0282. The van der Waals surface area contributed by atoms with E-state index < -0.39 is 0 Å². The second kappa shape index (κ2) is 7.97. The van der Waals surface area contributed by atoms with E-state index in [1.54, 1.807) is 0 Å². The number of carbonyl (C=O) groups is 2. The molecule has 0 saturated heterocycles. The first kappa shape index (κ1) is 16.5. The quantitative estimate of drug-likeness (QED) is 0.725. The molecule has 0 bridgehead atoms. The minimum atomic E-state index is -0.0282. The normalized spacial score (nSPS) is 15.2. The summed E-state index contributed by atoms with van der Waals surface area (Å²) in [5, 5.41) is 5.69. The van der Waals surface area contributed by atoms with Crippen LogP contribution in [0.2, 0.25) is 0 Å². The molecule has 1 unspecified atom stereocenters. The Kier molecular flexibility index (Phi) is 5.99. The molecule has 0 spiro atoms. The van der Waals surface area contributed by atoms with E-state index in [0.29, 0.717) is 31.3 Å². The fraction of sp³-hybridized carbons (Fsp3) is 0.556. The van der Waals surface area contributed by atoms with Crippen LogP contribution in [0.15, 0.2) is 24.3 Å². The van der Waals surface area contributed by atoms with Crippen LogP contribution in [-0.2, 0) is 9.59 Å². The van der Waals surface area contributed by atoms with Crippen LogP contribution in [0.25, 0.3) is 0 Å². The highest BCUT2D eigenvalue weighted by Crippen LogP contribution is 2.44. The predicted octanol–water partition coefficient (Wildman–Crippen LogP) is 2.52. The average molecular weight is 302 g/mol. The number of carbonyl (C=O) groups excluding carboxylic acids is 2. The Labute approximate surface area is 132 Å². The van der Waals surface area contributed by atoms with E-state index in [1.807, 2.05) is 0 Å². The number of nitrogens with one attached hydrogen (secondary N) is 2. The van der Waals surface area contributed by atoms with Crippen molar-refractivity contribution in [3.8, 4) is 0 Å². The molecule has 4 nitrogen and oxygen atoms in total. The number of benzene rings is 1. The summed E-state index contributed by atoms with van der Waals surface area (Å²) in [6.07, 6.45) is 3.79. The van der Waals surface area contributed by atoms with Crippen molar-refractivity contribution in [2.24, 2.45) is 5.92 Å². The van der Waals surface area contributed by atoms with Gasteiger partial charge in [-0.3, -0.25) is 9.59 Å². The lowest BCUT2D eigenvalue weighted by Gasteiger charge is -2.17. The highest BCUT2D eigenvalue weighted by molar-refractivity contribution is 5.77. The van der Waals surface area contributed by atoms with Crippen molar-refractivity contribution in [2.45, 2.75) is 45.4 Å². The molecule has 0 aromatic heterocycles. The molecule has 1 aliphatic rings. The van der Waals surface area contributed by atoms with Crippen molar-refractivity contribution in [2.75, 3.05) is 13.1 Å². The SMILES string of the molecule is CC(=O)NCCCNC(=O)CC(c1ccc(C)cc1)C1CC1. The number of aryl methyl sites for hydroxylation is 1. The molecular weight excluding hydrogens is 276 g/mol. The van der Waals surface area contributed by atoms with Crippen LogP contribution in [0.4, 0.5) is 0 Å². The zero-order valence-electron chi connectivity index (χ0n) is 13.5. The van der Waals surface area contributed by atoms with Gasteiger partial charge in [0, 0.05) is 26.4 Å². The zero-order chi connectivity index (χ0) is 15.9. The second-order valence-electron chi connectivity index (χ2n) is 6.25. The molecule has 1 atom stereocenters. The van der Waals surface area contributed by atoms with Gasteiger partial charge >= 0.3 is 0 Å². The topological polar surface area (TPSA) is 58.2 Å². The van der Waals surface area contributed by atoms with Crippen LogP contribution in [0.5, 0.6) is 0 Å². The van der Waals surface area contributed by atoms with Gasteiger partial charge in [-0.2, -0.15) is 0 Å². The van der Waals surface area contributed by atoms with Crippen molar-refractivity contribution >= 4 is 11.8 Å². The maximum Gasteiger partial charge on any atom is 0.220 e. The van der Waals surface area contributed by atoms with Crippen LogP contribution in [0.1, 0.15) is 49.7 Å². The molecule has 1 aliphatic carbocycles. The van der Waals surface area contributed by atoms with Crippen LogP contribution >= 0.6 is 0 Å². The largest absolute Gasteiger partial charge is 0.356 e. The highest BCUT2D eigenvalue weighted by atomic mass is 16.2. The van der Waals surface area contributed by atoms with Gasteiger partial charge in [-0.25, -0.2) is 0 Å². The molecular formula is C18H26N2O2. The molecule has 0 heterocycles. The Hall–Kier alpha value is -1.84. The van der Waals surface area contributed by atoms with Crippen LogP contribution in [0.3, 0.4) is 0 Å². The molecule has 4 heteroatoms. The molecule has 1 fully saturated rings. The maximum atomic E-state index is 12.1. The van der Waals surface area contributed by atoms with Gasteiger partial charge in [0.2, 0.25) is 11.8 Å². The van der Waals surface area contributed by atoms with E-state index in [1.165, 1.54) is 30.9 Å². The molecule has 22 heavy (non-hydrogen) atoms. The first-order valence-electron chi connectivity index (χ1n) is 8.14. The van der Waals surface area contributed by atoms with Gasteiger partial charge in [0.1, 0.15) is 0 Å². The predicted molar refractivity (Wildman–Crippen MR) is 87.6 cm³/mol. The monoisotopic (exact) mass is 302 g/mol. The first-order valence-corrected chi connectivity index (χ1v) is 8.14. The zero-order valence-corrected chi connectivity index (χ0v) is 13.5. The number of amides is 2. The summed E-state index contributed by atoms with van der Waals surface area (Å²) in [4.78, 5) is 22.9. The summed E-state index contributed by atoms with van der Waals surface area (Å²) in [6, 6.07) is 8.55. The number of rotatable bonds is 8. The van der Waals surface area contributed by atoms with E-state index in [-0.39, 0.29) is 11.8 Å². The summed E-state index contributed by atoms with van der Waals surface area (Å²) in [6.45, 7) is 4.81. The number of hydrogen-bond donors (Lipinski definition) is 2. The van der Waals surface area contributed by atoms with E-state index >= 15 is 0 Å². The Bertz CT molecular complexity index is 506. The summed E-state index contributed by atoms with van der Waals surface area (Å²) >= 11 is 0. The first-order chi connectivity index (χ1) is 10.6. The summed E-state index contributed by atoms with van der Waals surface area (Å²) in [5.74, 6) is 1.09. The van der Waals surface area contributed by atoms with Gasteiger partial charge in [-0.1, -0.05) is 29.8 Å². The van der Waals surface area contributed by atoms with Gasteiger partial charge in [0.05, 0.1) is 0 Å². The molecule has 120 valence electrons. The Morgan fingerprint density at radius 1 is 1.14 bits per heavy atom. The Morgan fingerprint density at radius 3 is 2.36 bits per heavy atom. The third-order valence-electron chi connectivity index (χ3n) is 4.15. The molecule has 2 N–H and O–H groups in total. The maximum absolute atomic E-state index is 12.1. The number of hydrogen-bond acceptors (Lipinski definition) is 2. The van der Waals surface area contributed by atoms with E-state index in [2.05, 4.69) is 41.8 Å². The van der Waals surface area contributed by atoms with E-state index in [4.69, 9.17) is 0 Å². The molecule has 1 aromatic rings. The fourth-order valence-electron chi connectivity index (χ4n) is 2.72. The molecule has 1 saturated carbocycles.